The Bertz CT molecular complexity index is 160. The molecule has 0 bridgehead atoms. The third-order valence-electron chi connectivity index (χ3n) is 2.28. The minimum Gasteiger partial charge on any atom is -0.481 e. The van der Waals surface area contributed by atoms with E-state index in [1.165, 1.54) is 0 Å². The molecule has 0 aromatic heterocycles. The highest BCUT2D eigenvalue weighted by Crippen LogP contribution is 2.18. The van der Waals surface area contributed by atoms with E-state index >= 15 is 0 Å². The van der Waals surface area contributed by atoms with Crippen LogP contribution in [0.4, 0.5) is 0 Å². The van der Waals surface area contributed by atoms with Gasteiger partial charge in [-0.3, -0.25) is 4.79 Å². The van der Waals surface area contributed by atoms with Crippen molar-refractivity contribution >= 4 is 5.97 Å². The Hall–Kier alpha value is -0.610. The van der Waals surface area contributed by atoms with Crippen LogP contribution in [0.3, 0.4) is 0 Å². The maximum Gasteiger partial charge on any atom is 0.308 e. The Balaban J connectivity index is 2.58. The lowest BCUT2D eigenvalue weighted by atomic mass is 9.86. The molecule has 4 heteroatoms. The second-order valence-corrected chi connectivity index (χ2v) is 3.03. The summed E-state index contributed by atoms with van der Waals surface area (Å²) >= 11 is 0. The van der Waals surface area contributed by atoms with Crippen LogP contribution in [0.2, 0.25) is 0 Å². The molecule has 0 spiro atoms. The van der Waals surface area contributed by atoms with Crippen molar-refractivity contribution in [3.63, 3.8) is 0 Å². The van der Waals surface area contributed by atoms with Crippen molar-refractivity contribution in [3.05, 3.63) is 0 Å². The molecule has 1 heterocycles. The minimum absolute atomic E-state index is 0.145. The molecule has 0 aliphatic carbocycles. The predicted molar refractivity (Wildman–Crippen MR) is 39.2 cm³/mol. The number of rotatable bonds is 1. The Kier molecular flexibility index (Phi) is 2.46. The molecule has 3 atom stereocenters. The fraction of sp³-hybridized carbons (Fsp3) is 0.857. The molecule has 0 amide bonds. The number of aliphatic hydroxyl groups is 1. The predicted octanol–water partition coefficient (Wildman–Crippen LogP) is -0.713. The molecule has 1 fully saturated rings. The number of hydrogen-bond donors (Lipinski definition) is 3. The fourth-order valence-electron chi connectivity index (χ4n) is 1.34. The number of carboxylic acid groups (broad SMARTS) is 1. The summed E-state index contributed by atoms with van der Waals surface area (Å²) in [6.07, 6.45) is -0.523. The van der Waals surface area contributed by atoms with E-state index in [1.807, 2.05) is 0 Å². The highest BCUT2D eigenvalue weighted by atomic mass is 16.4. The van der Waals surface area contributed by atoms with Gasteiger partial charge in [0.2, 0.25) is 0 Å². The number of carbonyl (C=O) groups is 1. The van der Waals surface area contributed by atoms with Gasteiger partial charge in [-0.1, -0.05) is 6.92 Å². The summed E-state index contributed by atoms with van der Waals surface area (Å²) in [5, 5.41) is 20.8. The van der Waals surface area contributed by atoms with Crippen LogP contribution >= 0.6 is 0 Å². The van der Waals surface area contributed by atoms with Crippen LogP contribution in [0.1, 0.15) is 6.92 Å². The van der Waals surface area contributed by atoms with Gasteiger partial charge < -0.3 is 15.5 Å². The average molecular weight is 159 g/mol. The standard InChI is InChI=1S/C7H13NO3/c1-4-5(7(10)11)2-8-3-6(4)9/h4-6,8-9H,2-3H2,1H3,(H,10,11)/t4-,5?,6?/m0/s1. The number of hydrogen-bond acceptors (Lipinski definition) is 3. The maximum atomic E-state index is 10.6. The van der Waals surface area contributed by atoms with Crippen molar-refractivity contribution in [1.29, 1.82) is 0 Å². The first-order chi connectivity index (χ1) is 5.13. The van der Waals surface area contributed by atoms with Crippen LogP contribution in [0.5, 0.6) is 0 Å². The van der Waals surface area contributed by atoms with Crippen LogP contribution in [0.25, 0.3) is 0 Å². The molecule has 64 valence electrons. The zero-order chi connectivity index (χ0) is 8.43. The summed E-state index contributed by atoms with van der Waals surface area (Å²) in [7, 11) is 0. The first kappa shape index (κ1) is 8.49. The molecule has 1 rings (SSSR count). The molecule has 11 heavy (non-hydrogen) atoms. The molecular formula is C7H13NO3. The SMILES string of the molecule is C[C@@H]1C(O)CNCC1C(=O)O. The highest BCUT2D eigenvalue weighted by Gasteiger charge is 2.32. The van der Waals surface area contributed by atoms with Crippen molar-refractivity contribution in [3.8, 4) is 0 Å². The summed E-state index contributed by atoms with van der Waals surface area (Å²) in [6.45, 7) is 2.74. The van der Waals surface area contributed by atoms with Gasteiger partial charge in [0.1, 0.15) is 0 Å². The quantitative estimate of drug-likeness (QED) is 0.472. The van der Waals surface area contributed by atoms with Crippen LogP contribution in [0.15, 0.2) is 0 Å². The first-order valence-corrected chi connectivity index (χ1v) is 3.74. The second kappa shape index (κ2) is 3.19. The van der Waals surface area contributed by atoms with Crippen LogP contribution in [0, 0.1) is 11.8 Å². The van der Waals surface area contributed by atoms with Gasteiger partial charge >= 0.3 is 5.97 Å². The van der Waals surface area contributed by atoms with E-state index < -0.39 is 18.0 Å². The molecule has 1 saturated heterocycles. The number of β-amino-alcohol motifs (C(OH)–C–C–N with tert-alkyl or cyclic N) is 1. The number of aliphatic hydroxyl groups excluding tert-OH is 1. The molecular weight excluding hydrogens is 146 g/mol. The number of carboxylic acids is 1. The van der Waals surface area contributed by atoms with Crippen molar-refractivity contribution < 1.29 is 15.0 Å². The van der Waals surface area contributed by atoms with Gasteiger partial charge in [-0.05, 0) is 5.92 Å². The number of aliphatic carboxylic acids is 1. The molecule has 1 aliphatic heterocycles. The number of piperidine rings is 1. The lowest BCUT2D eigenvalue weighted by Crippen LogP contribution is -2.48. The van der Waals surface area contributed by atoms with Gasteiger partial charge in [-0.15, -0.1) is 0 Å². The van der Waals surface area contributed by atoms with E-state index in [9.17, 15) is 9.90 Å². The van der Waals surface area contributed by atoms with Crippen molar-refractivity contribution in [1.82, 2.24) is 5.32 Å². The zero-order valence-corrected chi connectivity index (χ0v) is 6.45. The lowest BCUT2D eigenvalue weighted by molar-refractivity contribution is -0.146. The smallest absolute Gasteiger partial charge is 0.308 e. The Morgan fingerprint density at radius 1 is 1.55 bits per heavy atom. The third-order valence-corrected chi connectivity index (χ3v) is 2.28. The molecule has 0 aromatic carbocycles. The van der Waals surface area contributed by atoms with Crippen LogP contribution in [-0.2, 0) is 4.79 Å². The van der Waals surface area contributed by atoms with E-state index in [2.05, 4.69) is 5.32 Å². The Morgan fingerprint density at radius 3 is 2.64 bits per heavy atom. The van der Waals surface area contributed by atoms with Crippen molar-refractivity contribution in [2.24, 2.45) is 11.8 Å². The van der Waals surface area contributed by atoms with Gasteiger partial charge in [0.15, 0.2) is 0 Å². The fourth-order valence-corrected chi connectivity index (χ4v) is 1.34. The summed E-state index contributed by atoms with van der Waals surface area (Å²) in [6, 6.07) is 0. The molecule has 0 radical (unpaired) electrons. The largest absolute Gasteiger partial charge is 0.481 e. The summed E-state index contributed by atoms with van der Waals surface area (Å²) in [5.74, 6) is -1.42. The van der Waals surface area contributed by atoms with E-state index in [4.69, 9.17) is 5.11 Å². The van der Waals surface area contributed by atoms with Gasteiger partial charge in [0.05, 0.1) is 12.0 Å². The molecule has 0 aromatic rings. The molecule has 2 unspecified atom stereocenters. The zero-order valence-electron chi connectivity index (χ0n) is 6.45. The second-order valence-electron chi connectivity index (χ2n) is 3.03. The number of nitrogens with one attached hydrogen (secondary N) is 1. The minimum atomic E-state index is -0.830. The van der Waals surface area contributed by atoms with Crippen LogP contribution in [-0.4, -0.2) is 35.4 Å². The average Bonchev–Trinajstić information content (AvgIpc) is 1.94. The molecule has 4 nitrogen and oxygen atoms in total. The highest BCUT2D eigenvalue weighted by molar-refractivity contribution is 5.70. The van der Waals surface area contributed by atoms with Crippen molar-refractivity contribution in [2.75, 3.05) is 13.1 Å². The lowest BCUT2D eigenvalue weighted by Gasteiger charge is -2.30. The van der Waals surface area contributed by atoms with E-state index in [0.717, 1.165) is 0 Å². The van der Waals surface area contributed by atoms with E-state index in [-0.39, 0.29) is 5.92 Å². The molecule has 3 N–H and O–H groups in total. The van der Waals surface area contributed by atoms with Gasteiger partial charge in [-0.2, -0.15) is 0 Å². The molecule has 1 aliphatic rings. The topological polar surface area (TPSA) is 69.6 Å². The summed E-state index contributed by atoms with van der Waals surface area (Å²) in [5.41, 5.74) is 0. The van der Waals surface area contributed by atoms with E-state index in [0.29, 0.717) is 13.1 Å². The Labute approximate surface area is 65.2 Å². The normalized spacial score (nSPS) is 38.5. The Morgan fingerprint density at radius 2 is 2.18 bits per heavy atom. The van der Waals surface area contributed by atoms with E-state index in [1.54, 1.807) is 6.92 Å². The molecule has 0 saturated carbocycles. The summed E-state index contributed by atoms with van der Waals surface area (Å²) < 4.78 is 0. The van der Waals surface area contributed by atoms with Gasteiger partial charge in [-0.25, -0.2) is 0 Å². The van der Waals surface area contributed by atoms with Crippen molar-refractivity contribution in [2.45, 2.75) is 13.0 Å². The summed E-state index contributed by atoms with van der Waals surface area (Å²) in [4.78, 5) is 10.6. The monoisotopic (exact) mass is 159 g/mol. The van der Waals surface area contributed by atoms with Crippen LogP contribution < -0.4 is 5.32 Å². The maximum absolute atomic E-state index is 10.6. The van der Waals surface area contributed by atoms with Gasteiger partial charge in [0.25, 0.3) is 0 Å². The first-order valence-electron chi connectivity index (χ1n) is 3.74. The van der Waals surface area contributed by atoms with Gasteiger partial charge in [0, 0.05) is 13.1 Å². The third kappa shape index (κ3) is 1.70.